The average Bonchev–Trinajstić information content (AvgIpc) is 1.35. The minimum Gasteiger partial charge on any atom is -0.330 e. The lowest BCUT2D eigenvalue weighted by Gasteiger charge is -1.83. The molecule has 0 spiro atoms. The van der Waals surface area contributed by atoms with Gasteiger partial charge in [-0.25, -0.2) is 4.39 Å². The van der Waals surface area contributed by atoms with Crippen molar-refractivity contribution in [1.82, 2.24) is 0 Å². The van der Waals surface area contributed by atoms with Crippen LogP contribution in [0.25, 0.3) is 0 Å². The first-order valence-corrected chi connectivity index (χ1v) is 1.80. The highest BCUT2D eigenvalue weighted by Gasteiger charge is 1.81. The van der Waals surface area contributed by atoms with Crippen molar-refractivity contribution in [2.75, 3.05) is 6.54 Å². The summed E-state index contributed by atoms with van der Waals surface area (Å²) in [5, 5.41) is 0. The summed E-state index contributed by atoms with van der Waals surface area (Å²) in [7, 11) is 0. The van der Waals surface area contributed by atoms with E-state index in [1.165, 1.54) is 0 Å². The standard InChI is InChI=1S/C4H8FN/c1-4(5)2-3-6/h1-3,6H2. The summed E-state index contributed by atoms with van der Waals surface area (Å²) in [5.74, 6) is -0.336. The summed E-state index contributed by atoms with van der Waals surface area (Å²) in [6, 6.07) is 0. The van der Waals surface area contributed by atoms with E-state index in [9.17, 15) is 4.39 Å². The van der Waals surface area contributed by atoms with E-state index in [0.29, 0.717) is 13.0 Å². The predicted molar refractivity (Wildman–Crippen MR) is 23.9 cm³/mol. The summed E-state index contributed by atoms with van der Waals surface area (Å²) in [4.78, 5) is 0. The van der Waals surface area contributed by atoms with Crippen molar-refractivity contribution in [2.24, 2.45) is 5.73 Å². The van der Waals surface area contributed by atoms with Gasteiger partial charge in [0.05, 0.1) is 5.83 Å². The lowest BCUT2D eigenvalue weighted by Crippen LogP contribution is -1.96. The number of hydrogen-bond acceptors (Lipinski definition) is 1. The highest BCUT2D eigenvalue weighted by molar-refractivity contribution is 4.78. The van der Waals surface area contributed by atoms with Gasteiger partial charge in [-0.1, -0.05) is 6.58 Å². The van der Waals surface area contributed by atoms with Crippen LogP contribution < -0.4 is 5.73 Å². The smallest absolute Gasteiger partial charge is 0.0940 e. The Balaban J connectivity index is 2.83. The van der Waals surface area contributed by atoms with Gasteiger partial charge in [0.2, 0.25) is 0 Å². The van der Waals surface area contributed by atoms with E-state index in [0.717, 1.165) is 0 Å². The van der Waals surface area contributed by atoms with Gasteiger partial charge in [-0.2, -0.15) is 0 Å². The first-order valence-electron chi connectivity index (χ1n) is 1.80. The van der Waals surface area contributed by atoms with Gasteiger partial charge in [0, 0.05) is 6.42 Å². The number of nitrogens with two attached hydrogens (primary N) is 1. The van der Waals surface area contributed by atoms with E-state index >= 15 is 0 Å². The highest BCUT2D eigenvalue weighted by atomic mass is 19.1. The van der Waals surface area contributed by atoms with Crippen LogP contribution in [0.3, 0.4) is 0 Å². The molecule has 0 unspecified atom stereocenters. The molecule has 0 bridgehead atoms. The lowest BCUT2D eigenvalue weighted by molar-refractivity contribution is 0.597. The summed E-state index contributed by atoms with van der Waals surface area (Å²) in [6.07, 6.45) is 0.292. The fourth-order valence-corrected chi connectivity index (χ4v) is 0.157. The van der Waals surface area contributed by atoms with Gasteiger partial charge >= 0.3 is 0 Å². The van der Waals surface area contributed by atoms with Crippen molar-refractivity contribution < 1.29 is 4.39 Å². The zero-order chi connectivity index (χ0) is 4.99. The van der Waals surface area contributed by atoms with E-state index < -0.39 is 0 Å². The number of rotatable bonds is 2. The number of halogens is 1. The molecular formula is C4H8FN. The Morgan fingerprint density at radius 2 is 2.33 bits per heavy atom. The fourth-order valence-electron chi connectivity index (χ4n) is 0.157. The zero-order valence-corrected chi connectivity index (χ0v) is 3.58. The monoisotopic (exact) mass is 89.1 g/mol. The first kappa shape index (κ1) is 5.63. The first-order chi connectivity index (χ1) is 2.77. The Morgan fingerprint density at radius 1 is 1.83 bits per heavy atom. The minimum atomic E-state index is -0.336. The van der Waals surface area contributed by atoms with Crippen molar-refractivity contribution in [3.8, 4) is 0 Å². The van der Waals surface area contributed by atoms with Crippen LogP contribution in [0.4, 0.5) is 4.39 Å². The SMILES string of the molecule is C=C(F)CCN. The Hall–Kier alpha value is -0.370. The highest BCUT2D eigenvalue weighted by Crippen LogP contribution is 1.93. The maximum absolute atomic E-state index is 11.4. The Labute approximate surface area is 36.6 Å². The van der Waals surface area contributed by atoms with Crippen molar-refractivity contribution in [3.05, 3.63) is 12.4 Å². The number of hydrogen-bond donors (Lipinski definition) is 1. The van der Waals surface area contributed by atoms with Crippen LogP contribution >= 0.6 is 0 Å². The molecule has 0 aliphatic heterocycles. The molecule has 1 nitrogen and oxygen atoms in total. The van der Waals surface area contributed by atoms with Crippen molar-refractivity contribution in [1.29, 1.82) is 0 Å². The Kier molecular flexibility index (Phi) is 2.67. The second-order valence-corrected chi connectivity index (χ2v) is 1.06. The third kappa shape index (κ3) is 3.63. The Bertz CT molecular complexity index is 51.5. The molecule has 0 saturated carbocycles. The van der Waals surface area contributed by atoms with Crippen molar-refractivity contribution >= 4 is 0 Å². The van der Waals surface area contributed by atoms with Crippen LogP contribution in [0, 0.1) is 0 Å². The van der Waals surface area contributed by atoms with Gasteiger partial charge in [-0.15, -0.1) is 0 Å². The minimum absolute atomic E-state index is 0.292. The van der Waals surface area contributed by atoms with Crippen LogP contribution in [0.15, 0.2) is 12.4 Å². The van der Waals surface area contributed by atoms with Gasteiger partial charge in [-0.05, 0) is 6.54 Å². The van der Waals surface area contributed by atoms with Crippen LogP contribution in [0.2, 0.25) is 0 Å². The van der Waals surface area contributed by atoms with Crippen molar-refractivity contribution in [3.63, 3.8) is 0 Å². The zero-order valence-electron chi connectivity index (χ0n) is 3.58. The molecule has 0 aromatic carbocycles. The van der Waals surface area contributed by atoms with E-state index in [4.69, 9.17) is 5.73 Å². The van der Waals surface area contributed by atoms with Gasteiger partial charge in [-0.3, -0.25) is 0 Å². The quantitative estimate of drug-likeness (QED) is 0.532. The van der Waals surface area contributed by atoms with Gasteiger partial charge in [0.25, 0.3) is 0 Å². The average molecular weight is 89.1 g/mol. The fraction of sp³-hybridized carbons (Fsp3) is 0.500. The second kappa shape index (κ2) is 2.85. The van der Waals surface area contributed by atoms with Gasteiger partial charge in [0.1, 0.15) is 0 Å². The van der Waals surface area contributed by atoms with E-state index in [-0.39, 0.29) is 5.83 Å². The third-order valence-corrected chi connectivity index (χ3v) is 0.416. The molecule has 0 heterocycles. The Morgan fingerprint density at radius 3 is 2.33 bits per heavy atom. The molecule has 0 rings (SSSR count). The normalized spacial score (nSPS) is 8.33. The largest absolute Gasteiger partial charge is 0.330 e. The van der Waals surface area contributed by atoms with E-state index in [1.807, 2.05) is 0 Å². The van der Waals surface area contributed by atoms with Crippen LogP contribution in [0.1, 0.15) is 6.42 Å². The maximum Gasteiger partial charge on any atom is 0.0940 e. The van der Waals surface area contributed by atoms with Crippen molar-refractivity contribution in [2.45, 2.75) is 6.42 Å². The second-order valence-electron chi connectivity index (χ2n) is 1.06. The molecule has 2 heteroatoms. The van der Waals surface area contributed by atoms with E-state index in [1.54, 1.807) is 0 Å². The van der Waals surface area contributed by atoms with Crippen LogP contribution in [-0.2, 0) is 0 Å². The van der Waals surface area contributed by atoms with Crippen LogP contribution in [-0.4, -0.2) is 6.54 Å². The molecule has 0 aromatic heterocycles. The molecule has 0 saturated heterocycles. The third-order valence-electron chi connectivity index (χ3n) is 0.416. The van der Waals surface area contributed by atoms with E-state index in [2.05, 4.69) is 6.58 Å². The molecule has 36 valence electrons. The van der Waals surface area contributed by atoms with Gasteiger partial charge in [0.15, 0.2) is 0 Å². The predicted octanol–water partition coefficient (Wildman–Crippen LogP) is 0.818. The topological polar surface area (TPSA) is 26.0 Å². The summed E-state index contributed by atoms with van der Waals surface area (Å²) in [6.45, 7) is 3.35. The lowest BCUT2D eigenvalue weighted by atomic mass is 10.4. The molecule has 0 atom stereocenters. The molecule has 0 aliphatic rings. The molecule has 2 N–H and O–H groups in total. The maximum atomic E-state index is 11.4. The summed E-state index contributed by atoms with van der Waals surface area (Å²) >= 11 is 0. The molecule has 0 aromatic rings. The summed E-state index contributed by atoms with van der Waals surface area (Å²) in [5.41, 5.74) is 4.93. The molecule has 0 radical (unpaired) electrons. The van der Waals surface area contributed by atoms with Crippen LogP contribution in [0.5, 0.6) is 0 Å². The van der Waals surface area contributed by atoms with Gasteiger partial charge < -0.3 is 5.73 Å². The molecule has 0 aliphatic carbocycles. The molecule has 0 fully saturated rings. The molecule has 0 amide bonds. The molecule has 6 heavy (non-hydrogen) atoms. The summed E-state index contributed by atoms with van der Waals surface area (Å²) < 4.78 is 11.4. The molecular weight excluding hydrogens is 81.0 g/mol.